The van der Waals surface area contributed by atoms with E-state index in [-0.39, 0.29) is 12.3 Å². The van der Waals surface area contributed by atoms with Gasteiger partial charge in [0.1, 0.15) is 0 Å². The molecule has 0 saturated carbocycles. The first-order chi connectivity index (χ1) is 8.05. The van der Waals surface area contributed by atoms with Crippen molar-refractivity contribution in [3.05, 3.63) is 23.9 Å². The van der Waals surface area contributed by atoms with E-state index >= 15 is 0 Å². The van der Waals surface area contributed by atoms with Crippen LogP contribution in [0.2, 0.25) is 0 Å². The van der Waals surface area contributed by atoms with E-state index in [1.165, 1.54) is 6.08 Å². The van der Waals surface area contributed by atoms with Gasteiger partial charge in [0, 0.05) is 11.6 Å². The highest BCUT2D eigenvalue weighted by atomic mass is 35.5. The molecule has 1 atom stereocenters. The van der Waals surface area contributed by atoms with Gasteiger partial charge in [-0.25, -0.2) is 21.6 Å². The van der Waals surface area contributed by atoms with Crippen molar-refractivity contribution < 1.29 is 16.8 Å². The van der Waals surface area contributed by atoms with Crippen LogP contribution in [0.4, 0.5) is 0 Å². The van der Waals surface area contributed by atoms with Gasteiger partial charge in [-0.05, 0) is 12.5 Å². The fourth-order valence-corrected chi connectivity index (χ4v) is 3.42. The summed E-state index contributed by atoms with van der Waals surface area (Å²) in [6.07, 6.45) is 6.99. The van der Waals surface area contributed by atoms with Gasteiger partial charge in [0.05, 0.1) is 18.1 Å². The molecule has 9 heteroatoms. The molecule has 104 valence electrons. The van der Waals surface area contributed by atoms with Crippen molar-refractivity contribution in [3.63, 3.8) is 0 Å². The SMILES string of the molecule is CS(=O)(=O)NC1=CCC(CCl)(NS(C)(=O)=O)C=C1. The molecule has 18 heavy (non-hydrogen) atoms. The molecule has 1 unspecified atom stereocenters. The van der Waals surface area contributed by atoms with Crippen molar-refractivity contribution in [3.8, 4) is 0 Å². The van der Waals surface area contributed by atoms with Crippen LogP contribution in [0.5, 0.6) is 0 Å². The molecular formula is C9H15ClN2O4S2. The summed E-state index contributed by atoms with van der Waals surface area (Å²) in [5, 5.41) is 0. The van der Waals surface area contributed by atoms with Crippen LogP contribution in [0.25, 0.3) is 0 Å². The number of allylic oxidation sites excluding steroid dienone is 1. The Bertz CT molecular complexity index is 580. The van der Waals surface area contributed by atoms with Crippen LogP contribution < -0.4 is 9.44 Å². The lowest BCUT2D eigenvalue weighted by molar-refractivity contribution is 0.504. The van der Waals surface area contributed by atoms with Crippen molar-refractivity contribution in [2.75, 3.05) is 18.4 Å². The molecule has 0 fully saturated rings. The average Bonchev–Trinajstić information content (AvgIpc) is 2.17. The minimum Gasteiger partial charge on any atom is -0.284 e. The van der Waals surface area contributed by atoms with E-state index in [2.05, 4.69) is 9.44 Å². The largest absolute Gasteiger partial charge is 0.284 e. The Kier molecular flexibility index (Phi) is 4.47. The summed E-state index contributed by atoms with van der Waals surface area (Å²) in [4.78, 5) is 0. The molecule has 0 spiro atoms. The molecule has 1 rings (SSSR count). The molecule has 0 saturated heterocycles. The summed E-state index contributed by atoms with van der Waals surface area (Å²) in [5.74, 6) is 0.0548. The van der Waals surface area contributed by atoms with E-state index in [4.69, 9.17) is 11.6 Å². The second kappa shape index (κ2) is 5.20. The van der Waals surface area contributed by atoms with Crippen molar-refractivity contribution in [2.45, 2.75) is 12.0 Å². The highest BCUT2D eigenvalue weighted by Gasteiger charge is 2.30. The molecule has 0 amide bonds. The fourth-order valence-electron chi connectivity index (χ4n) is 1.54. The van der Waals surface area contributed by atoms with Gasteiger partial charge >= 0.3 is 0 Å². The van der Waals surface area contributed by atoms with Crippen LogP contribution in [0.3, 0.4) is 0 Å². The number of rotatable bonds is 5. The zero-order chi connectivity index (χ0) is 14.0. The van der Waals surface area contributed by atoms with Crippen LogP contribution in [0.1, 0.15) is 6.42 Å². The Morgan fingerprint density at radius 2 is 1.89 bits per heavy atom. The van der Waals surface area contributed by atoms with Crippen LogP contribution in [-0.2, 0) is 20.0 Å². The maximum atomic E-state index is 11.2. The van der Waals surface area contributed by atoms with Crippen molar-refractivity contribution in [1.29, 1.82) is 0 Å². The first kappa shape index (κ1) is 15.5. The van der Waals surface area contributed by atoms with Gasteiger partial charge in [0.15, 0.2) is 0 Å². The van der Waals surface area contributed by atoms with Crippen LogP contribution >= 0.6 is 11.6 Å². The molecular weight excluding hydrogens is 300 g/mol. The van der Waals surface area contributed by atoms with Gasteiger partial charge in [0.25, 0.3) is 0 Å². The fraction of sp³-hybridized carbons (Fsp3) is 0.556. The third-order valence-electron chi connectivity index (χ3n) is 2.20. The smallest absolute Gasteiger partial charge is 0.229 e. The number of halogens is 1. The van der Waals surface area contributed by atoms with E-state index in [0.717, 1.165) is 12.5 Å². The predicted molar refractivity (Wildman–Crippen MR) is 71.3 cm³/mol. The zero-order valence-electron chi connectivity index (χ0n) is 9.97. The minimum atomic E-state index is -3.40. The summed E-state index contributed by atoms with van der Waals surface area (Å²) >= 11 is 5.78. The topological polar surface area (TPSA) is 92.3 Å². The Morgan fingerprint density at radius 1 is 1.28 bits per heavy atom. The Hall–Kier alpha value is -0.570. The monoisotopic (exact) mass is 314 g/mol. The van der Waals surface area contributed by atoms with Crippen molar-refractivity contribution >= 4 is 31.6 Å². The van der Waals surface area contributed by atoms with Gasteiger partial charge in [-0.3, -0.25) is 4.72 Å². The molecule has 2 N–H and O–H groups in total. The summed E-state index contributed by atoms with van der Waals surface area (Å²) in [6, 6.07) is 0. The summed E-state index contributed by atoms with van der Waals surface area (Å²) in [7, 11) is -6.74. The predicted octanol–water partition coefficient (Wildman–Crippen LogP) is -0.0938. The van der Waals surface area contributed by atoms with Crippen LogP contribution in [-0.4, -0.2) is 40.8 Å². The van der Waals surface area contributed by atoms with E-state index in [9.17, 15) is 16.8 Å². The molecule has 0 bridgehead atoms. The van der Waals surface area contributed by atoms with Crippen molar-refractivity contribution in [2.24, 2.45) is 0 Å². The minimum absolute atomic E-state index is 0.0548. The lowest BCUT2D eigenvalue weighted by atomic mass is 9.94. The third kappa shape index (κ3) is 4.97. The summed E-state index contributed by atoms with van der Waals surface area (Å²) in [5.41, 5.74) is -0.508. The molecule has 6 nitrogen and oxygen atoms in total. The normalized spacial score (nSPS) is 24.7. The van der Waals surface area contributed by atoms with E-state index in [1.807, 2.05) is 0 Å². The molecule has 0 aliphatic heterocycles. The average molecular weight is 315 g/mol. The lowest BCUT2D eigenvalue weighted by Crippen LogP contribution is -2.48. The first-order valence-corrected chi connectivity index (χ1v) is 9.29. The number of alkyl halides is 1. The molecule has 0 aromatic heterocycles. The van der Waals surface area contributed by atoms with Crippen LogP contribution in [0, 0.1) is 0 Å². The molecule has 0 heterocycles. The van der Waals surface area contributed by atoms with Gasteiger partial charge in [-0.1, -0.05) is 12.2 Å². The number of sulfonamides is 2. The van der Waals surface area contributed by atoms with E-state index in [0.29, 0.717) is 5.70 Å². The Balaban J connectivity index is 2.86. The second-order valence-corrected chi connectivity index (χ2v) is 8.00. The Morgan fingerprint density at radius 3 is 2.22 bits per heavy atom. The standard InChI is InChI=1S/C9H15ClN2O4S2/c1-17(13,14)11-8-3-5-9(7-10,6-4-8)12-18(2,15)16/h3-5,11-12H,6-7H2,1-2H3. The van der Waals surface area contributed by atoms with Crippen molar-refractivity contribution in [1.82, 2.24) is 9.44 Å². The summed E-state index contributed by atoms with van der Waals surface area (Å²) in [6.45, 7) is 0. The van der Waals surface area contributed by atoms with Gasteiger partial charge in [-0.15, -0.1) is 11.6 Å². The summed E-state index contributed by atoms with van der Waals surface area (Å²) < 4.78 is 49.3. The van der Waals surface area contributed by atoms with E-state index < -0.39 is 25.6 Å². The molecule has 0 aromatic carbocycles. The first-order valence-electron chi connectivity index (χ1n) is 4.97. The molecule has 0 radical (unpaired) electrons. The quantitative estimate of drug-likeness (QED) is 0.693. The highest BCUT2D eigenvalue weighted by Crippen LogP contribution is 2.22. The van der Waals surface area contributed by atoms with Gasteiger partial charge in [0.2, 0.25) is 20.0 Å². The Labute approximate surface area is 112 Å². The maximum Gasteiger partial charge on any atom is 0.229 e. The van der Waals surface area contributed by atoms with Gasteiger partial charge in [-0.2, -0.15) is 0 Å². The maximum absolute atomic E-state index is 11.2. The number of hydrogen-bond donors (Lipinski definition) is 2. The molecule has 1 aliphatic rings. The number of nitrogens with one attached hydrogen (secondary N) is 2. The van der Waals surface area contributed by atoms with Crippen LogP contribution in [0.15, 0.2) is 23.9 Å². The second-order valence-electron chi connectivity index (χ2n) is 4.24. The zero-order valence-corrected chi connectivity index (χ0v) is 12.4. The molecule has 1 aliphatic carbocycles. The number of hydrogen-bond acceptors (Lipinski definition) is 4. The third-order valence-corrected chi connectivity index (χ3v) is 4.06. The van der Waals surface area contributed by atoms with Gasteiger partial charge < -0.3 is 0 Å². The molecule has 0 aromatic rings. The van der Waals surface area contributed by atoms with E-state index in [1.54, 1.807) is 12.2 Å². The highest BCUT2D eigenvalue weighted by molar-refractivity contribution is 7.89. The lowest BCUT2D eigenvalue weighted by Gasteiger charge is -2.30.